The van der Waals surface area contributed by atoms with E-state index in [0.717, 1.165) is 0 Å². The van der Waals surface area contributed by atoms with E-state index in [-0.39, 0.29) is 18.4 Å². The van der Waals surface area contributed by atoms with Crippen molar-refractivity contribution in [3.05, 3.63) is 24.2 Å². The second kappa shape index (κ2) is 3.92. The van der Waals surface area contributed by atoms with Crippen molar-refractivity contribution in [3.8, 4) is 0 Å². The summed E-state index contributed by atoms with van der Waals surface area (Å²) >= 11 is 0. The Morgan fingerprint density at radius 1 is 1.83 bits per heavy atom. The maximum Gasteiger partial charge on any atom is 0.231 e. The molecule has 0 aromatic carbocycles. The third kappa shape index (κ3) is 1.65. The third-order valence-electron chi connectivity index (χ3n) is 1.69. The van der Waals surface area contributed by atoms with Gasteiger partial charge in [-0.15, -0.1) is 0 Å². The minimum atomic E-state index is -0.370. The molecule has 1 rings (SSSR count). The van der Waals surface area contributed by atoms with Gasteiger partial charge in [0.25, 0.3) is 0 Å². The molecule has 0 aliphatic heterocycles. The topological polar surface area (TPSA) is 68.3 Å². The number of nitrogens with one attached hydrogen (secondary N) is 1. The second-order valence-electron chi connectivity index (χ2n) is 2.42. The summed E-state index contributed by atoms with van der Waals surface area (Å²) in [6.45, 7) is 0.257. The van der Waals surface area contributed by atoms with Gasteiger partial charge in [-0.3, -0.25) is 4.79 Å². The molecule has 0 fully saturated rings. The fourth-order valence-corrected chi connectivity index (χ4v) is 1.02. The number of hydrogen-bond acceptors (Lipinski definition) is 3. The largest absolute Gasteiger partial charge is 0.468 e. The molecule has 12 heavy (non-hydrogen) atoms. The van der Waals surface area contributed by atoms with E-state index in [1.807, 2.05) is 0 Å². The number of carbonyl (C=O) groups excluding carboxylic acids is 1. The van der Waals surface area contributed by atoms with Crippen LogP contribution in [0.1, 0.15) is 11.7 Å². The molecule has 1 aromatic rings. The smallest absolute Gasteiger partial charge is 0.231 e. The first-order chi connectivity index (χ1) is 5.79. The molecule has 0 aliphatic carbocycles. The highest BCUT2D eigenvalue weighted by molar-refractivity contribution is 5.82. The molecular weight excluding hydrogens is 156 g/mol. The van der Waals surface area contributed by atoms with Gasteiger partial charge in [-0.25, -0.2) is 0 Å². The van der Waals surface area contributed by atoms with Gasteiger partial charge in [0.2, 0.25) is 5.91 Å². The zero-order valence-corrected chi connectivity index (χ0v) is 6.91. The van der Waals surface area contributed by atoms with Crippen LogP contribution in [0.25, 0.3) is 0 Å². The lowest BCUT2D eigenvalue weighted by Crippen LogP contribution is -2.30. The number of hydrogen-bond donors (Lipinski definition) is 2. The highest BCUT2D eigenvalue weighted by atomic mass is 16.3. The Hall–Kier alpha value is -1.29. The fraction of sp³-hybridized carbons (Fsp3) is 0.375. The molecule has 1 aromatic heterocycles. The van der Waals surface area contributed by atoms with E-state index in [0.29, 0.717) is 5.76 Å². The summed E-state index contributed by atoms with van der Waals surface area (Å²) in [7, 11) is 1.58. The van der Waals surface area contributed by atoms with Crippen LogP contribution < -0.4 is 11.1 Å². The van der Waals surface area contributed by atoms with Crippen LogP contribution in [0.2, 0.25) is 0 Å². The lowest BCUT2D eigenvalue weighted by molar-refractivity contribution is -0.122. The summed E-state index contributed by atoms with van der Waals surface area (Å²) in [6.07, 6.45) is 1.53. The molecule has 0 radical (unpaired) electrons. The standard InChI is InChI=1S/C8H12N2O2/c1-10-8(11)6(5-9)7-3-2-4-12-7/h2-4,6H,5,9H2,1H3,(H,10,11). The zero-order chi connectivity index (χ0) is 8.97. The average molecular weight is 168 g/mol. The van der Waals surface area contributed by atoms with Crippen LogP contribution >= 0.6 is 0 Å². The Bertz CT molecular complexity index is 244. The minimum absolute atomic E-state index is 0.118. The molecule has 0 bridgehead atoms. The van der Waals surface area contributed by atoms with E-state index in [1.165, 1.54) is 6.26 Å². The number of amides is 1. The summed E-state index contributed by atoms with van der Waals surface area (Å²) < 4.78 is 5.07. The summed E-state index contributed by atoms with van der Waals surface area (Å²) in [5, 5.41) is 2.53. The molecular formula is C8H12N2O2. The Labute approximate surface area is 70.7 Å². The molecule has 3 N–H and O–H groups in total. The first kappa shape index (κ1) is 8.80. The molecule has 4 heteroatoms. The van der Waals surface area contributed by atoms with Crippen molar-refractivity contribution in [2.75, 3.05) is 13.6 Å². The van der Waals surface area contributed by atoms with Gasteiger partial charge in [0, 0.05) is 13.6 Å². The summed E-state index contributed by atoms with van der Waals surface area (Å²) in [5.41, 5.74) is 5.42. The number of furan rings is 1. The number of rotatable bonds is 3. The first-order valence-electron chi connectivity index (χ1n) is 3.74. The minimum Gasteiger partial charge on any atom is -0.468 e. The van der Waals surface area contributed by atoms with Gasteiger partial charge in [-0.2, -0.15) is 0 Å². The van der Waals surface area contributed by atoms with Crippen LogP contribution in [0.4, 0.5) is 0 Å². The maximum atomic E-state index is 11.2. The van der Waals surface area contributed by atoms with Crippen LogP contribution in [-0.4, -0.2) is 19.5 Å². The number of carbonyl (C=O) groups is 1. The van der Waals surface area contributed by atoms with Crippen molar-refractivity contribution in [1.82, 2.24) is 5.32 Å². The highest BCUT2D eigenvalue weighted by Crippen LogP contribution is 2.14. The summed E-state index contributed by atoms with van der Waals surface area (Å²) in [6, 6.07) is 3.48. The van der Waals surface area contributed by atoms with Gasteiger partial charge in [-0.1, -0.05) is 0 Å². The fourth-order valence-electron chi connectivity index (χ4n) is 1.02. The van der Waals surface area contributed by atoms with Gasteiger partial charge in [-0.05, 0) is 12.1 Å². The Morgan fingerprint density at radius 3 is 3.00 bits per heavy atom. The van der Waals surface area contributed by atoms with Crippen molar-refractivity contribution in [3.63, 3.8) is 0 Å². The molecule has 66 valence electrons. The lowest BCUT2D eigenvalue weighted by Gasteiger charge is -2.09. The summed E-state index contributed by atoms with van der Waals surface area (Å²) in [4.78, 5) is 11.2. The Morgan fingerprint density at radius 2 is 2.58 bits per heavy atom. The predicted octanol–water partition coefficient (Wildman–Crippen LogP) is 0.0679. The third-order valence-corrected chi connectivity index (χ3v) is 1.69. The molecule has 0 aliphatic rings. The van der Waals surface area contributed by atoms with E-state index >= 15 is 0 Å². The van der Waals surface area contributed by atoms with Crippen molar-refractivity contribution >= 4 is 5.91 Å². The molecule has 1 atom stereocenters. The maximum absolute atomic E-state index is 11.2. The van der Waals surface area contributed by atoms with Crippen molar-refractivity contribution in [1.29, 1.82) is 0 Å². The Balaban J connectivity index is 2.76. The van der Waals surface area contributed by atoms with Gasteiger partial charge in [0.05, 0.1) is 6.26 Å². The first-order valence-corrected chi connectivity index (χ1v) is 3.74. The normalized spacial score (nSPS) is 12.5. The highest BCUT2D eigenvalue weighted by Gasteiger charge is 2.19. The van der Waals surface area contributed by atoms with E-state index in [1.54, 1.807) is 19.2 Å². The van der Waals surface area contributed by atoms with Crippen molar-refractivity contribution in [2.24, 2.45) is 5.73 Å². The SMILES string of the molecule is CNC(=O)C(CN)c1ccco1. The summed E-state index contributed by atoms with van der Waals surface area (Å²) in [5.74, 6) is 0.120. The van der Waals surface area contributed by atoms with Crippen LogP contribution in [0.3, 0.4) is 0 Å². The van der Waals surface area contributed by atoms with Crippen LogP contribution in [0.5, 0.6) is 0 Å². The van der Waals surface area contributed by atoms with Crippen LogP contribution in [0, 0.1) is 0 Å². The van der Waals surface area contributed by atoms with Crippen LogP contribution in [-0.2, 0) is 4.79 Å². The molecule has 0 spiro atoms. The van der Waals surface area contributed by atoms with E-state index in [4.69, 9.17) is 10.2 Å². The van der Waals surface area contributed by atoms with E-state index < -0.39 is 0 Å². The lowest BCUT2D eigenvalue weighted by atomic mass is 10.1. The molecule has 4 nitrogen and oxygen atoms in total. The number of nitrogens with two attached hydrogens (primary N) is 1. The van der Waals surface area contributed by atoms with Crippen molar-refractivity contribution in [2.45, 2.75) is 5.92 Å². The van der Waals surface area contributed by atoms with Gasteiger partial charge < -0.3 is 15.5 Å². The average Bonchev–Trinajstić information content (AvgIpc) is 2.58. The zero-order valence-electron chi connectivity index (χ0n) is 6.91. The second-order valence-corrected chi connectivity index (χ2v) is 2.42. The van der Waals surface area contributed by atoms with Gasteiger partial charge in [0.1, 0.15) is 11.7 Å². The monoisotopic (exact) mass is 168 g/mol. The number of likely N-dealkylation sites (N-methyl/N-ethyl adjacent to an activating group) is 1. The molecule has 0 saturated carbocycles. The van der Waals surface area contributed by atoms with E-state index in [2.05, 4.69) is 5.32 Å². The van der Waals surface area contributed by atoms with Crippen LogP contribution in [0.15, 0.2) is 22.8 Å². The molecule has 0 saturated heterocycles. The molecule has 1 heterocycles. The molecule has 1 amide bonds. The Kier molecular flexibility index (Phi) is 2.88. The molecule has 1 unspecified atom stereocenters. The van der Waals surface area contributed by atoms with Gasteiger partial charge in [0.15, 0.2) is 0 Å². The quantitative estimate of drug-likeness (QED) is 0.671. The van der Waals surface area contributed by atoms with Crippen molar-refractivity contribution < 1.29 is 9.21 Å². The van der Waals surface area contributed by atoms with E-state index in [9.17, 15) is 4.79 Å². The van der Waals surface area contributed by atoms with Gasteiger partial charge >= 0.3 is 0 Å². The predicted molar refractivity (Wildman–Crippen MR) is 44.6 cm³/mol.